The van der Waals surface area contributed by atoms with E-state index in [1.54, 1.807) is 19.2 Å². The summed E-state index contributed by atoms with van der Waals surface area (Å²) < 4.78 is 23.6. The summed E-state index contributed by atoms with van der Waals surface area (Å²) in [6.07, 6.45) is 0. The van der Waals surface area contributed by atoms with Gasteiger partial charge < -0.3 is 14.8 Å². The van der Waals surface area contributed by atoms with Crippen LogP contribution >= 0.6 is 0 Å². The molecule has 0 heterocycles. The first-order valence-corrected chi connectivity index (χ1v) is 6.52. The van der Waals surface area contributed by atoms with Crippen molar-refractivity contribution in [3.05, 3.63) is 53.8 Å². The largest absolute Gasteiger partial charge is 0.493 e. The van der Waals surface area contributed by atoms with Crippen molar-refractivity contribution in [2.75, 3.05) is 19.0 Å². The van der Waals surface area contributed by atoms with Gasteiger partial charge in [-0.25, -0.2) is 4.39 Å². The number of rotatable bonds is 6. The van der Waals surface area contributed by atoms with Crippen molar-refractivity contribution in [1.29, 1.82) is 0 Å². The van der Waals surface area contributed by atoms with Crippen LogP contribution in [0, 0.1) is 5.82 Å². The summed E-state index contributed by atoms with van der Waals surface area (Å²) in [6, 6.07) is 12.1. The summed E-state index contributed by atoms with van der Waals surface area (Å²) in [5.41, 5.74) is 1.94. The molecule has 2 aromatic carbocycles. The highest BCUT2D eigenvalue weighted by atomic mass is 19.1. The molecule has 0 saturated carbocycles. The zero-order valence-electron chi connectivity index (χ0n) is 11.7. The summed E-state index contributed by atoms with van der Waals surface area (Å²) in [5.74, 6) is 1.21. The minimum atomic E-state index is -0.238. The van der Waals surface area contributed by atoms with Gasteiger partial charge in [0.25, 0.3) is 0 Å². The van der Waals surface area contributed by atoms with Gasteiger partial charge in [-0.15, -0.1) is 0 Å². The van der Waals surface area contributed by atoms with Gasteiger partial charge in [0.15, 0.2) is 11.5 Å². The number of benzene rings is 2. The normalized spacial score (nSPS) is 10.2. The molecule has 0 bridgehead atoms. The number of hydrogen-bond acceptors (Lipinski definition) is 3. The van der Waals surface area contributed by atoms with Crippen molar-refractivity contribution in [3.63, 3.8) is 0 Å². The highest BCUT2D eigenvalue weighted by Crippen LogP contribution is 2.28. The third-order valence-electron chi connectivity index (χ3n) is 2.87. The topological polar surface area (TPSA) is 30.5 Å². The minimum Gasteiger partial charge on any atom is -0.493 e. The van der Waals surface area contributed by atoms with Crippen LogP contribution in [-0.4, -0.2) is 13.7 Å². The molecule has 2 aromatic rings. The molecule has 0 aliphatic rings. The third kappa shape index (κ3) is 3.63. The zero-order valence-corrected chi connectivity index (χ0v) is 11.7. The van der Waals surface area contributed by atoms with E-state index in [0.29, 0.717) is 18.9 Å². The second-order valence-corrected chi connectivity index (χ2v) is 4.28. The monoisotopic (exact) mass is 275 g/mol. The standard InChI is InChI=1S/C16H18FNO2/c1-3-20-15-9-4-12(10-16(15)19-2)11-18-14-7-5-13(17)6-8-14/h4-10,18H,3,11H2,1-2H3. The number of nitrogens with one attached hydrogen (secondary N) is 1. The zero-order chi connectivity index (χ0) is 14.4. The first kappa shape index (κ1) is 14.2. The number of ether oxygens (including phenoxy) is 2. The molecule has 106 valence electrons. The van der Waals surface area contributed by atoms with Crippen molar-refractivity contribution < 1.29 is 13.9 Å². The molecule has 20 heavy (non-hydrogen) atoms. The van der Waals surface area contributed by atoms with E-state index in [9.17, 15) is 4.39 Å². The van der Waals surface area contributed by atoms with Gasteiger partial charge in [-0.2, -0.15) is 0 Å². The van der Waals surface area contributed by atoms with Gasteiger partial charge in [0, 0.05) is 12.2 Å². The Hall–Kier alpha value is -2.23. The summed E-state index contributed by atoms with van der Waals surface area (Å²) >= 11 is 0. The molecule has 0 unspecified atom stereocenters. The first-order chi connectivity index (χ1) is 9.72. The fraction of sp³-hybridized carbons (Fsp3) is 0.250. The van der Waals surface area contributed by atoms with E-state index in [0.717, 1.165) is 17.0 Å². The fourth-order valence-corrected chi connectivity index (χ4v) is 1.87. The van der Waals surface area contributed by atoms with E-state index < -0.39 is 0 Å². The molecule has 4 heteroatoms. The Morgan fingerprint density at radius 3 is 2.45 bits per heavy atom. The Morgan fingerprint density at radius 2 is 1.80 bits per heavy atom. The lowest BCUT2D eigenvalue weighted by Gasteiger charge is -2.12. The quantitative estimate of drug-likeness (QED) is 0.868. The van der Waals surface area contributed by atoms with E-state index in [1.165, 1.54) is 12.1 Å². The van der Waals surface area contributed by atoms with Crippen LogP contribution in [0.3, 0.4) is 0 Å². The average molecular weight is 275 g/mol. The van der Waals surface area contributed by atoms with Crippen LogP contribution in [0.1, 0.15) is 12.5 Å². The Labute approximate surface area is 118 Å². The molecule has 3 nitrogen and oxygen atoms in total. The smallest absolute Gasteiger partial charge is 0.161 e. The summed E-state index contributed by atoms with van der Waals surface area (Å²) in [5, 5.41) is 3.23. The summed E-state index contributed by atoms with van der Waals surface area (Å²) in [7, 11) is 1.62. The predicted octanol–water partition coefficient (Wildman–Crippen LogP) is 3.85. The summed E-state index contributed by atoms with van der Waals surface area (Å²) in [6.45, 7) is 3.17. The number of methoxy groups -OCH3 is 1. The Bertz CT molecular complexity index is 555. The fourth-order valence-electron chi connectivity index (χ4n) is 1.87. The molecular weight excluding hydrogens is 257 g/mol. The highest BCUT2D eigenvalue weighted by molar-refractivity contribution is 5.46. The molecular formula is C16H18FNO2. The molecule has 1 N–H and O–H groups in total. The van der Waals surface area contributed by atoms with Gasteiger partial charge in [0.1, 0.15) is 5.82 Å². The summed E-state index contributed by atoms with van der Waals surface area (Å²) in [4.78, 5) is 0. The van der Waals surface area contributed by atoms with E-state index >= 15 is 0 Å². The van der Waals surface area contributed by atoms with Crippen molar-refractivity contribution in [3.8, 4) is 11.5 Å². The Balaban J connectivity index is 2.04. The van der Waals surface area contributed by atoms with Crippen molar-refractivity contribution in [2.45, 2.75) is 13.5 Å². The van der Waals surface area contributed by atoms with Crippen LogP contribution < -0.4 is 14.8 Å². The minimum absolute atomic E-state index is 0.238. The van der Waals surface area contributed by atoms with Crippen LogP contribution in [-0.2, 0) is 6.54 Å². The molecule has 0 aliphatic carbocycles. The molecule has 0 fully saturated rings. The lowest BCUT2D eigenvalue weighted by molar-refractivity contribution is 0.310. The molecule has 0 aliphatic heterocycles. The maximum atomic E-state index is 12.8. The van der Waals surface area contributed by atoms with Gasteiger partial charge in [0.2, 0.25) is 0 Å². The van der Waals surface area contributed by atoms with Crippen molar-refractivity contribution >= 4 is 5.69 Å². The van der Waals surface area contributed by atoms with Crippen LogP contribution in [0.4, 0.5) is 10.1 Å². The van der Waals surface area contributed by atoms with Crippen LogP contribution in [0.15, 0.2) is 42.5 Å². The molecule has 0 aromatic heterocycles. The van der Waals surface area contributed by atoms with E-state index in [1.807, 2.05) is 25.1 Å². The SMILES string of the molecule is CCOc1ccc(CNc2ccc(F)cc2)cc1OC. The van der Waals surface area contributed by atoms with E-state index in [4.69, 9.17) is 9.47 Å². The van der Waals surface area contributed by atoms with Crippen molar-refractivity contribution in [2.24, 2.45) is 0 Å². The van der Waals surface area contributed by atoms with Gasteiger partial charge in [-0.1, -0.05) is 6.07 Å². The van der Waals surface area contributed by atoms with Crippen LogP contribution in [0.25, 0.3) is 0 Å². The second kappa shape index (κ2) is 6.80. The highest BCUT2D eigenvalue weighted by Gasteiger charge is 2.05. The van der Waals surface area contributed by atoms with Crippen molar-refractivity contribution in [1.82, 2.24) is 0 Å². The number of hydrogen-bond donors (Lipinski definition) is 1. The number of anilines is 1. The number of halogens is 1. The van der Waals surface area contributed by atoms with Crippen LogP contribution in [0.5, 0.6) is 11.5 Å². The maximum Gasteiger partial charge on any atom is 0.161 e. The molecule has 0 radical (unpaired) electrons. The lowest BCUT2D eigenvalue weighted by atomic mass is 10.2. The van der Waals surface area contributed by atoms with E-state index in [-0.39, 0.29) is 5.82 Å². The molecule has 0 spiro atoms. The molecule has 2 rings (SSSR count). The third-order valence-corrected chi connectivity index (χ3v) is 2.87. The van der Waals surface area contributed by atoms with E-state index in [2.05, 4.69) is 5.32 Å². The Morgan fingerprint density at radius 1 is 1.05 bits per heavy atom. The van der Waals surface area contributed by atoms with Crippen LogP contribution in [0.2, 0.25) is 0 Å². The molecule has 0 saturated heterocycles. The van der Waals surface area contributed by atoms with Gasteiger partial charge >= 0.3 is 0 Å². The van der Waals surface area contributed by atoms with Gasteiger partial charge in [0.05, 0.1) is 13.7 Å². The predicted molar refractivity (Wildman–Crippen MR) is 77.9 cm³/mol. The average Bonchev–Trinajstić information content (AvgIpc) is 2.48. The lowest BCUT2D eigenvalue weighted by Crippen LogP contribution is -2.01. The second-order valence-electron chi connectivity index (χ2n) is 4.28. The first-order valence-electron chi connectivity index (χ1n) is 6.52. The molecule has 0 amide bonds. The molecule has 0 atom stereocenters. The Kier molecular flexibility index (Phi) is 4.82. The van der Waals surface area contributed by atoms with Gasteiger partial charge in [-0.3, -0.25) is 0 Å². The maximum absolute atomic E-state index is 12.8. The van der Waals surface area contributed by atoms with Gasteiger partial charge in [-0.05, 0) is 48.9 Å².